The lowest BCUT2D eigenvalue weighted by Gasteiger charge is -2.09. The Balaban J connectivity index is 2.44. The van der Waals surface area contributed by atoms with Gasteiger partial charge in [0.15, 0.2) is 0 Å². The van der Waals surface area contributed by atoms with Crippen LogP contribution in [0.5, 0.6) is 0 Å². The number of aliphatic hydroxyl groups is 1. The van der Waals surface area contributed by atoms with Gasteiger partial charge in [0, 0.05) is 6.54 Å². The fourth-order valence-electron chi connectivity index (χ4n) is 1.13. The summed E-state index contributed by atoms with van der Waals surface area (Å²) in [5.74, 6) is 0.423. The molecule has 1 rings (SSSR count). The molecular formula is C9H15NO4S. The van der Waals surface area contributed by atoms with E-state index in [-0.39, 0.29) is 12.3 Å². The number of nitrogens with one attached hydrogen (secondary N) is 1. The van der Waals surface area contributed by atoms with Crippen LogP contribution in [0.25, 0.3) is 0 Å². The number of sulfonamides is 1. The van der Waals surface area contributed by atoms with Gasteiger partial charge >= 0.3 is 0 Å². The Morgan fingerprint density at radius 1 is 1.60 bits per heavy atom. The number of hydrogen-bond donors (Lipinski definition) is 2. The highest BCUT2D eigenvalue weighted by molar-refractivity contribution is 7.89. The van der Waals surface area contributed by atoms with Crippen LogP contribution >= 0.6 is 0 Å². The minimum absolute atomic E-state index is 0.0597. The van der Waals surface area contributed by atoms with Crippen molar-refractivity contribution in [3.8, 4) is 0 Å². The van der Waals surface area contributed by atoms with Gasteiger partial charge in [-0.3, -0.25) is 0 Å². The summed E-state index contributed by atoms with van der Waals surface area (Å²) in [6.07, 6.45) is 1.04. The van der Waals surface area contributed by atoms with Crippen molar-refractivity contribution in [3.63, 3.8) is 0 Å². The van der Waals surface area contributed by atoms with E-state index in [0.717, 1.165) is 0 Å². The Kier molecular flexibility index (Phi) is 4.31. The van der Waals surface area contributed by atoms with Crippen molar-refractivity contribution in [2.45, 2.75) is 19.4 Å². The largest absolute Gasteiger partial charge is 0.467 e. The molecule has 0 spiro atoms. The Morgan fingerprint density at radius 2 is 2.33 bits per heavy atom. The lowest BCUT2D eigenvalue weighted by atomic mass is 10.3. The third-order valence-corrected chi connectivity index (χ3v) is 3.39. The van der Waals surface area contributed by atoms with Crippen molar-refractivity contribution < 1.29 is 17.9 Å². The molecule has 1 heterocycles. The van der Waals surface area contributed by atoms with Crippen LogP contribution in [0, 0.1) is 0 Å². The van der Waals surface area contributed by atoms with Crippen molar-refractivity contribution in [1.29, 1.82) is 0 Å². The molecule has 0 aliphatic carbocycles. The second-order valence-electron chi connectivity index (χ2n) is 3.20. The zero-order valence-corrected chi connectivity index (χ0v) is 9.33. The lowest BCUT2D eigenvalue weighted by Crippen LogP contribution is -2.30. The average molecular weight is 233 g/mol. The number of aliphatic hydroxyl groups excluding tert-OH is 1. The Bertz CT molecular complexity index is 371. The molecule has 86 valence electrons. The highest BCUT2D eigenvalue weighted by Gasteiger charge is 2.14. The molecule has 0 aromatic carbocycles. The lowest BCUT2D eigenvalue weighted by molar-refractivity contribution is 0.154. The second kappa shape index (κ2) is 5.29. The summed E-state index contributed by atoms with van der Waals surface area (Å²) >= 11 is 0. The maximum atomic E-state index is 11.3. The van der Waals surface area contributed by atoms with Crippen LogP contribution in [0.3, 0.4) is 0 Å². The van der Waals surface area contributed by atoms with Gasteiger partial charge in [-0.15, -0.1) is 0 Å². The van der Waals surface area contributed by atoms with Crippen LogP contribution < -0.4 is 4.72 Å². The van der Waals surface area contributed by atoms with Gasteiger partial charge in [0.2, 0.25) is 10.0 Å². The minimum atomic E-state index is -3.27. The van der Waals surface area contributed by atoms with E-state index in [1.54, 1.807) is 19.1 Å². The number of furan rings is 1. The molecule has 0 amide bonds. The maximum Gasteiger partial charge on any atom is 0.211 e. The van der Waals surface area contributed by atoms with Gasteiger partial charge in [-0.25, -0.2) is 13.1 Å². The van der Waals surface area contributed by atoms with Crippen molar-refractivity contribution in [2.75, 3.05) is 12.3 Å². The first kappa shape index (κ1) is 12.2. The van der Waals surface area contributed by atoms with Crippen LogP contribution in [0.1, 0.15) is 25.2 Å². The molecular weight excluding hydrogens is 218 g/mol. The zero-order chi connectivity index (χ0) is 11.3. The molecule has 15 heavy (non-hydrogen) atoms. The fourth-order valence-corrected chi connectivity index (χ4v) is 2.22. The van der Waals surface area contributed by atoms with Crippen LogP contribution in [0.4, 0.5) is 0 Å². The normalized spacial score (nSPS) is 14.0. The van der Waals surface area contributed by atoms with E-state index in [1.807, 2.05) is 0 Å². The molecule has 1 atom stereocenters. The molecule has 1 aromatic rings. The van der Waals surface area contributed by atoms with E-state index in [1.165, 1.54) is 6.26 Å². The van der Waals surface area contributed by atoms with Gasteiger partial charge in [0.1, 0.15) is 11.9 Å². The number of rotatable bonds is 6. The molecule has 1 unspecified atom stereocenters. The average Bonchev–Trinajstić information content (AvgIpc) is 2.67. The third kappa shape index (κ3) is 4.03. The first-order chi connectivity index (χ1) is 7.05. The summed E-state index contributed by atoms with van der Waals surface area (Å²) in [6.45, 7) is 1.72. The Hall–Kier alpha value is -0.850. The van der Waals surface area contributed by atoms with Gasteiger partial charge in [-0.2, -0.15) is 0 Å². The van der Waals surface area contributed by atoms with Crippen LogP contribution in [0.15, 0.2) is 22.8 Å². The highest BCUT2D eigenvalue weighted by atomic mass is 32.2. The predicted molar refractivity (Wildman–Crippen MR) is 55.7 cm³/mol. The molecule has 1 aromatic heterocycles. The summed E-state index contributed by atoms with van der Waals surface area (Å²) < 4.78 is 29.7. The first-order valence-electron chi connectivity index (χ1n) is 4.74. The Labute approximate surface area is 89.2 Å². The predicted octanol–water partition coefficient (Wildman–Crippen LogP) is 0.642. The minimum Gasteiger partial charge on any atom is -0.467 e. The van der Waals surface area contributed by atoms with Crippen molar-refractivity contribution >= 4 is 10.0 Å². The summed E-state index contributed by atoms with van der Waals surface area (Å²) in [4.78, 5) is 0. The standard InChI is InChI=1S/C9H15NO4S/c1-2-6-15(12,13)10-7-8(11)9-4-3-5-14-9/h3-5,8,10-11H,2,6-7H2,1H3. The summed E-state index contributed by atoms with van der Waals surface area (Å²) in [7, 11) is -3.27. The van der Waals surface area contributed by atoms with E-state index in [4.69, 9.17) is 4.42 Å². The molecule has 6 heteroatoms. The van der Waals surface area contributed by atoms with Crippen molar-refractivity contribution in [1.82, 2.24) is 4.72 Å². The highest BCUT2D eigenvalue weighted by Crippen LogP contribution is 2.11. The van der Waals surface area contributed by atoms with E-state index in [0.29, 0.717) is 12.2 Å². The molecule has 0 aliphatic heterocycles. The SMILES string of the molecule is CCCS(=O)(=O)NCC(O)c1ccco1. The van der Waals surface area contributed by atoms with Gasteiger partial charge in [0.25, 0.3) is 0 Å². The van der Waals surface area contributed by atoms with Gasteiger partial charge in [0.05, 0.1) is 12.0 Å². The quantitative estimate of drug-likeness (QED) is 0.755. The topological polar surface area (TPSA) is 79.5 Å². The molecule has 0 aliphatic rings. The van der Waals surface area contributed by atoms with Crippen LogP contribution in [-0.4, -0.2) is 25.8 Å². The van der Waals surface area contributed by atoms with Crippen molar-refractivity contribution in [3.05, 3.63) is 24.2 Å². The molecule has 0 saturated carbocycles. The maximum absolute atomic E-state index is 11.3. The van der Waals surface area contributed by atoms with Gasteiger partial charge in [-0.1, -0.05) is 6.92 Å². The molecule has 5 nitrogen and oxygen atoms in total. The van der Waals surface area contributed by atoms with Crippen LogP contribution in [-0.2, 0) is 10.0 Å². The molecule has 0 radical (unpaired) electrons. The van der Waals surface area contributed by atoms with Gasteiger partial charge < -0.3 is 9.52 Å². The third-order valence-electron chi connectivity index (χ3n) is 1.84. The van der Waals surface area contributed by atoms with E-state index < -0.39 is 16.1 Å². The van der Waals surface area contributed by atoms with Crippen molar-refractivity contribution in [2.24, 2.45) is 0 Å². The van der Waals surface area contributed by atoms with Gasteiger partial charge in [-0.05, 0) is 18.6 Å². The Morgan fingerprint density at radius 3 is 2.87 bits per heavy atom. The number of hydrogen-bond acceptors (Lipinski definition) is 4. The molecule has 0 fully saturated rings. The monoisotopic (exact) mass is 233 g/mol. The van der Waals surface area contributed by atoms with E-state index in [9.17, 15) is 13.5 Å². The molecule has 0 saturated heterocycles. The summed E-state index contributed by atoms with van der Waals surface area (Å²) in [6, 6.07) is 3.23. The first-order valence-corrected chi connectivity index (χ1v) is 6.39. The van der Waals surface area contributed by atoms with E-state index in [2.05, 4.69) is 4.72 Å². The van der Waals surface area contributed by atoms with E-state index >= 15 is 0 Å². The van der Waals surface area contributed by atoms with Crippen LogP contribution in [0.2, 0.25) is 0 Å². The zero-order valence-electron chi connectivity index (χ0n) is 8.51. The summed E-state index contributed by atoms with van der Waals surface area (Å²) in [5.41, 5.74) is 0. The summed E-state index contributed by atoms with van der Waals surface area (Å²) in [5, 5.41) is 9.52. The molecule has 2 N–H and O–H groups in total. The molecule has 0 bridgehead atoms. The smallest absolute Gasteiger partial charge is 0.211 e. The second-order valence-corrected chi connectivity index (χ2v) is 5.12. The fraction of sp³-hybridized carbons (Fsp3) is 0.556.